The molecule has 1 saturated carbocycles. The van der Waals surface area contributed by atoms with Crippen LogP contribution in [0.2, 0.25) is 0 Å². The highest BCUT2D eigenvalue weighted by atomic mass is 16.4. The number of carboxylic acid groups (broad SMARTS) is 1. The first kappa shape index (κ1) is 19.2. The maximum Gasteiger partial charge on any atom is 0.328 e. The van der Waals surface area contributed by atoms with E-state index in [1.54, 1.807) is 4.90 Å². The summed E-state index contributed by atoms with van der Waals surface area (Å²) < 4.78 is 5.98. The Balaban J connectivity index is 1.35. The zero-order chi connectivity index (χ0) is 19.7. The van der Waals surface area contributed by atoms with Gasteiger partial charge in [-0.2, -0.15) is 4.98 Å². The van der Waals surface area contributed by atoms with Crippen molar-refractivity contribution in [2.24, 2.45) is 5.92 Å². The number of carbonyl (C=O) groups excluding carboxylic acids is 1. The third kappa shape index (κ3) is 4.01. The molecule has 0 unspecified atom stereocenters. The minimum atomic E-state index is -0.719. The molecule has 3 aliphatic rings. The Morgan fingerprint density at radius 1 is 1.14 bits per heavy atom. The van der Waals surface area contributed by atoms with Crippen molar-refractivity contribution in [2.45, 2.75) is 57.4 Å². The molecule has 1 aromatic heterocycles. The molecule has 0 atom stereocenters. The van der Waals surface area contributed by atoms with Crippen molar-refractivity contribution >= 4 is 18.0 Å². The van der Waals surface area contributed by atoms with Gasteiger partial charge in [-0.3, -0.25) is 4.79 Å². The molecular weight excluding hydrogens is 360 g/mol. The normalized spacial score (nSPS) is 26.4. The van der Waals surface area contributed by atoms with Crippen molar-refractivity contribution in [3.8, 4) is 0 Å². The quantitative estimate of drug-likeness (QED) is 0.830. The van der Waals surface area contributed by atoms with E-state index in [1.165, 1.54) is 0 Å². The van der Waals surface area contributed by atoms with Gasteiger partial charge in [-0.1, -0.05) is 0 Å². The second-order valence-electron chi connectivity index (χ2n) is 8.40. The Morgan fingerprint density at radius 3 is 2.64 bits per heavy atom. The SMILES string of the molecule is CN1CCc2nc(N3CCN([C@H]4CC[C@H](CCC(=O)O)CC4)C3=O)oc2CC1. The van der Waals surface area contributed by atoms with Crippen molar-refractivity contribution in [2.75, 3.05) is 38.1 Å². The molecule has 0 aromatic carbocycles. The van der Waals surface area contributed by atoms with E-state index in [9.17, 15) is 9.59 Å². The molecule has 8 heteroatoms. The smallest absolute Gasteiger partial charge is 0.328 e. The Morgan fingerprint density at radius 2 is 1.89 bits per heavy atom. The summed E-state index contributed by atoms with van der Waals surface area (Å²) in [4.78, 5) is 34.3. The number of anilines is 1. The van der Waals surface area contributed by atoms with Crippen molar-refractivity contribution in [1.29, 1.82) is 0 Å². The minimum Gasteiger partial charge on any atom is -0.481 e. The molecule has 154 valence electrons. The van der Waals surface area contributed by atoms with Crippen molar-refractivity contribution in [3.05, 3.63) is 11.5 Å². The van der Waals surface area contributed by atoms with Crippen molar-refractivity contribution in [1.82, 2.24) is 14.8 Å². The number of aliphatic carboxylic acids is 1. The predicted molar refractivity (Wildman–Crippen MR) is 103 cm³/mol. The number of carboxylic acids is 1. The van der Waals surface area contributed by atoms with Gasteiger partial charge >= 0.3 is 18.0 Å². The molecule has 2 amide bonds. The summed E-state index contributed by atoms with van der Waals surface area (Å²) in [5.41, 5.74) is 0.990. The summed E-state index contributed by atoms with van der Waals surface area (Å²) in [6.45, 7) is 3.24. The zero-order valence-electron chi connectivity index (χ0n) is 16.6. The topological polar surface area (TPSA) is 90.1 Å². The molecule has 0 radical (unpaired) electrons. The van der Waals surface area contributed by atoms with E-state index in [0.29, 0.717) is 25.0 Å². The standard InChI is InChI=1S/C20H30N4O4/c1-22-10-8-16-17(9-11-22)28-19(21-16)24-13-12-23(20(24)27)15-5-2-14(3-6-15)4-7-18(25)26/h14-15H,2-13H2,1H3,(H,25,26)/t14-,15-. The van der Waals surface area contributed by atoms with Gasteiger partial charge in [0.1, 0.15) is 5.76 Å². The number of hydrogen-bond acceptors (Lipinski definition) is 5. The Kier molecular flexibility index (Phi) is 5.57. The van der Waals surface area contributed by atoms with Gasteiger partial charge in [-0.15, -0.1) is 0 Å². The van der Waals surface area contributed by atoms with Crippen LogP contribution in [0, 0.1) is 5.92 Å². The lowest BCUT2D eigenvalue weighted by Crippen LogP contribution is -2.41. The van der Waals surface area contributed by atoms with Crippen LogP contribution in [0.25, 0.3) is 0 Å². The summed E-state index contributed by atoms with van der Waals surface area (Å²) in [7, 11) is 2.10. The van der Waals surface area contributed by atoms with Crippen LogP contribution in [0.15, 0.2) is 4.42 Å². The van der Waals surface area contributed by atoms with Crippen LogP contribution in [-0.2, 0) is 17.6 Å². The Bertz CT molecular complexity index is 700. The Hall–Kier alpha value is -2.09. The van der Waals surface area contributed by atoms with Crippen molar-refractivity contribution in [3.63, 3.8) is 0 Å². The number of oxazole rings is 1. The number of carbonyl (C=O) groups is 2. The van der Waals surface area contributed by atoms with Crippen LogP contribution in [0.5, 0.6) is 0 Å². The van der Waals surface area contributed by atoms with Crippen molar-refractivity contribution < 1.29 is 19.1 Å². The second kappa shape index (κ2) is 8.11. The summed E-state index contributed by atoms with van der Waals surface area (Å²) in [6, 6.07) is 0.708. The number of likely N-dealkylation sites (N-methyl/N-ethyl adjacent to an activating group) is 1. The van der Waals surface area contributed by atoms with Crippen LogP contribution in [0.4, 0.5) is 10.8 Å². The summed E-state index contributed by atoms with van der Waals surface area (Å²) in [5.74, 6) is 0.676. The molecule has 8 nitrogen and oxygen atoms in total. The molecule has 4 rings (SSSR count). The maximum absolute atomic E-state index is 13.0. The zero-order valence-corrected chi connectivity index (χ0v) is 16.6. The second-order valence-corrected chi connectivity index (χ2v) is 8.40. The molecule has 2 aliphatic heterocycles. The largest absolute Gasteiger partial charge is 0.481 e. The van der Waals surface area contributed by atoms with Crippen LogP contribution in [0.3, 0.4) is 0 Å². The molecule has 1 aromatic rings. The lowest BCUT2D eigenvalue weighted by atomic mass is 9.83. The lowest BCUT2D eigenvalue weighted by molar-refractivity contribution is -0.137. The van der Waals surface area contributed by atoms with E-state index in [-0.39, 0.29) is 18.5 Å². The molecule has 2 fully saturated rings. The number of nitrogens with zero attached hydrogens (tertiary/aromatic N) is 4. The van der Waals surface area contributed by atoms with E-state index in [2.05, 4.69) is 16.9 Å². The molecule has 0 spiro atoms. The summed E-state index contributed by atoms with van der Waals surface area (Å²) >= 11 is 0. The van der Waals surface area contributed by atoms with Gasteiger partial charge in [0.15, 0.2) is 0 Å². The van der Waals surface area contributed by atoms with Crippen LogP contribution >= 0.6 is 0 Å². The lowest BCUT2D eigenvalue weighted by Gasteiger charge is -2.34. The molecule has 0 bridgehead atoms. The predicted octanol–water partition coefficient (Wildman–Crippen LogP) is 2.37. The van der Waals surface area contributed by atoms with Crippen LogP contribution in [0.1, 0.15) is 50.0 Å². The molecule has 28 heavy (non-hydrogen) atoms. The summed E-state index contributed by atoms with van der Waals surface area (Å²) in [6.07, 6.45) is 6.61. The molecule has 3 heterocycles. The Labute approximate surface area is 165 Å². The number of fused-ring (bicyclic) bond motifs is 1. The highest BCUT2D eigenvalue weighted by molar-refractivity contribution is 5.92. The van der Waals surface area contributed by atoms with Crippen LogP contribution in [-0.4, -0.2) is 71.2 Å². The van der Waals surface area contributed by atoms with Gasteiger partial charge in [0, 0.05) is 51.5 Å². The van der Waals surface area contributed by atoms with Gasteiger partial charge < -0.3 is 19.3 Å². The highest BCUT2D eigenvalue weighted by Gasteiger charge is 2.38. The number of amides is 2. The number of aromatic nitrogens is 1. The number of hydrogen-bond donors (Lipinski definition) is 1. The number of urea groups is 1. The molecule has 1 aliphatic carbocycles. The summed E-state index contributed by atoms with van der Waals surface area (Å²) in [5, 5.41) is 8.85. The molecule has 1 saturated heterocycles. The molecule has 1 N–H and O–H groups in total. The number of rotatable bonds is 5. The van der Waals surface area contributed by atoms with E-state index >= 15 is 0 Å². The van der Waals surface area contributed by atoms with Crippen LogP contribution < -0.4 is 4.90 Å². The van der Waals surface area contributed by atoms with E-state index in [0.717, 1.165) is 69.5 Å². The fourth-order valence-electron chi connectivity index (χ4n) is 4.72. The first-order valence-corrected chi connectivity index (χ1v) is 10.5. The van der Waals surface area contributed by atoms with Gasteiger partial charge in [-0.25, -0.2) is 9.69 Å². The van der Waals surface area contributed by atoms with Gasteiger partial charge in [0.2, 0.25) is 0 Å². The molecular formula is C20H30N4O4. The monoisotopic (exact) mass is 390 g/mol. The minimum absolute atomic E-state index is 0.00233. The van der Waals surface area contributed by atoms with Gasteiger partial charge in [0.05, 0.1) is 5.69 Å². The van der Waals surface area contributed by atoms with Gasteiger partial charge in [-0.05, 0) is 45.1 Å². The highest BCUT2D eigenvalue weighted by Crippen LogP contribution is 2.33. The third-order valence-corrected chi connectivity index (χ3v) is 6.51. The first-order valence-electron chi connectivity index (χ1n) is 10.5. The fourth-order valence-corrected chi connectivity index (χ4v) is 4.72. The maximum atomic E-state index is 13.0. The first-order chi connectivity index (χ1) is 13.5. The van der Waals surface area contributed by atoms with E-state index in [4.69, 9.17) is 9.52 Å². The third-order valence-electron chi connectivity index (χ3n) is 6.51. The van der Waals surface area contributed by atoms with Gasteiger partial charge in [0.25, 0.3) is 0 Å². The fraction of sp³-hybridized carbons (Fsp3) is 0.750. The average molecular weight is 390 g/mol. The average Bonchev–Trinajstić information content (AvgIpc) is 3.22. The van der Waals surface area contributed by atoms with E-state index in [1.807, 2.05) is 4.90 Å². The van der Waals surface area contributed by atoms with E-state index < -0.39 is 5.97 Å².